The van der Waals surface area contributed by atoms with Crippen LogP contribution in [0.5, 0.6) is 0 Å². The van der Waals surface area contributed by atoms with Crippen molar-refractivity contribution in [3.8, 4) is 0 Å². The van der Waals surface area contributed by atoms with Crippen molar-refractivity contribution in [2.45, 2.75) is 119 Å². The maximum atomic E-state index is 12.9. The van der Waals surface area contributed by atoms with Gasteiger partial charge in [-0.05, 0) is 109 Å². The second-order valence-corrected chi connectivity index (χ2v) is 15.4. The lowest BCUT2D eigenvalue weighted by atomic mass is 9.31. The molecule has 0 N–H and O–H groups in total. The number of rotatable bonds is 0. The summed E-state index contributed by atoms with van der Waals surface area (Å²) in [6, 6.07) is 0. The molecule has 0 spiro atoms. The minimum atomic E-state index is -0.136. The fraction of sp³-hybridized carbons (Fsp3) is 0.967. The smallest absolute Gasteiger partial charge is 0.138 e. The van der Waals surface area contributed by atoms with E-state index >= 15 is 0 Å². The van der Waals surface area contributed by atoms with E-state index in [1.807, 2.05) is 0 Å². The number of fused-ring (bicyclic) bond motifs is 5. The largest absolute Gasteiger partial charge is 0.377 e. The summed E-state index contributed by atoms with van der Waals surface area (Å²) < 4.78 is 6.70. The molecular weight excluding hydrogens is 392 g/mol. The number of Topliss-reactive ketones (excluding diaryl/α,β-unsaturated/α-hetero) is 1. The third-order valence-corrected chi connectivity index (χ3v) is 13.9. The minimum Gasteiger partial charge on any atom is -0.377 e. The van der Waals surface area contributed by atoms with E-state index < -0.39 is 0 Å². The Morgan fingerprint density at radius 3 is 2.22 bits per heavy atom. The first-order valence-corrected chi connectivity index (χ1v) is 14.0. The third-order valence-electron chi connectivity index (χ3n) is 13.9. The molecule has 2 bridgehead atoms. The molecule has 5 aliphatic carbocycles. The van der Waals surface area contributed by atoms with Crippen LogP contribution in [-0.4, -0.2) is 18.5 Å². The van der Waals surface area contributed by atoms with Crippen molar-refractivity contribution in [1.29, 1.82) is 0 Å². The van der Waals surface area contributed by atoms with Gasteiger partial charge in [-0.1, -0.05) is 48.5 Å². The highest BCUT2D eigenvalue weighted by molar-refractivity contribution is 5.85. The van der Waals surface area contributed by atoms with E-state index in [0.717, 1.165) is 37.2 Å². The van der Waals surface area contributed by atoms with Gasteiger partial charge in [-0.2, -0.15) is 0 Å². The molecule has 6 aliphatic rings. The average Bonchev–Trinajstić information content (AvgIpc) is 3.05. The maximum absolute atomic E-state index is 12.9. The zero-order valence-electron chi connectivity index (χ0n) is 22.0. The lowest BCUT2D eigenvalue weighted by Gasteiger charge is -2.72. The summed E-state index contributed by atoms with van der Waals surface area (Å²) in [4.78, 5) is 12.9. The summed E-state index contributed by atoms with van der Waals surface area (Å²) in [6.07, 6.45) is 13.3. The summed E-state index contributed by atoms with van der Waals surface area (Å²) in [5, 5.41) is 0. The van der Waals surface area contributed by atoms with Crippen molar-refractivity contribution in [1.82, 2.24) is 0 Å². The fourth-order valence-corrected chi connectivity index (χ4v) is 11.8. The van der Waals surface area contributed by atoms with Gasteiger partial charge in [0, 0.05) is 11.8 Å². The minimum absolute atomic E-state index is 0.136. The number of carbonyl (C=O) groups is 1. The Labute approximate surface area is 197 Å². The van der Waals surface area contributed by atoms with Crippen molar-refractivity contribution < 1.29 is 9.53 Å². The standard InChI is InChI=1S/C30H48O2/c1-25(2)14-16-30-17-15-28(6)19(23(30)24(25)32-18-30)8-9-21-27(5)12-11-22(31)26(3,4)20(27)10-13-29(21,28)7/h19-21,23-24H,8-18H2,1-7H3/t19-,20?,21?,23+,24-,27+,28-,29-,30-/m1/s1. The topological polar surface area (TPSA) is 26.3 Å². The van der Waals surface area contributed by atoms with Gasteiger partial charge in [0.1, 0.15) is 5.78 Å². The summed E-state index contributed by atoms with van der Waals surface area (Å²) in [5.74, 6) is 3.46. The van der Waals surface area contributed by atoms with Crippen molar-refractivity contribution in [2.75, 3.05) is 6.61 Å². The van der Waals surface area contributed by atoms with Gasteiger partial charge < -0.3 is 4.74 Å². The summed E-state index contributed by atoms with van der Waals surface area (Å²) in [7, 11) is 0. The highest BCUT2D eigenvalue weighted by Gasteiger charge is 2.72. The van der Waals surface area contributed by atoms with Crippen molar-refractivity contribution in [3.05, 3.63) is 0 Å². The number of ketones is 1. The van der Waals surface area contributed by atoms with E-state index in [1.165, 1.54) is 51.4 Å². The molecule has 0 amide bonds. The van der Waals surface area contributed by atoms with Gasteiger partial charge in [0.15, 0.2) is 0 Å². The lowest BCUT2D eigenvalue weighted by Crippen LogP contribution is -2.67. The Morgan fingerprint density at radius 1 is 0.750 bits per heavy atom. The molecule has 2 heteroatoms. The van der Waals surface area contributed by atoms with Crippen molar-refractivity contribution in [2.24, 2.45) is 56.2 Å². The van der Waals surface area contributed by atoms with Crippen molar-refractivity contribution in [3.63, 3.8) is 0 Å². The molecule has 0 aromatic rings. The first kappa shape index (κ1) is 22.1. The molecule has 1 saturated heterocycles. The molecule has 0 aromatic heterocycles. The molecule has 9 atom stereocenters. The van der Waals surface area contributed by atoms with E-state index in [-0.39, 0.29) is 5.41 Å². The monoisotopic (exact) mass is 440 g/mol. The zero-order chi connectivity index (χ0) is 22.9. The summed E-state index contributed by atoms with van der Waals surface area (Å²) in [6.45, 7) is 18.6. The molecule has 0 aromatic carbocycles. The summed E-state index contributed by atoms with van der Waals surface area (Å²) >= 11 is 0. The second kappa shape index (κ2) is 6.24. The number of hydrogen-bond acceptors (Lipinski definition) is 2. The Hall–Kier alpha value is -0.370. The van der Waals surface area contributed by atoms with Gasteiger partial charge in [0.25, 0.3) is 0 Å². The normalized spacial score (nSPS) is 57.7. The van der Waals surface area contributed by atoms with Crippen molar-refractivity contribution >= 4 is 5.78 Å². The van der Waals surface area contributed by atoms with Gasteiger partial charge in [0.05, 0.1) is 12.7 Å². The van der Waals surface area contributed by atoms with Crippen LogP contribution in [0.3, 0.4) is 0 Å². The highest BCUT2D eigenvalue weighted by Crippen LogP contribution is 2.77. The SMILES string of the molecule is CC1(C)C(=O)CC[C@@]2(C)C1CC[C@]1(C)C2CC[C@@H]2[C@H]3[C@H]4OC[C@@]3(CCC4(C)C)CC[C@]21C. The van der Waals surface area contributed by atoms with E-state index in [2.05, 4.69) is 48.5 Å². The molecule has 6 fully saturated rings. The Morgan fingerprint density at radius 2 is 1.47 bits per heavy atom. The van der Waals surface area contributed by atoms with Gasteiger partial charge >= 0.3 is 0 Å². The number of carbonyl (C=O) groups excluding carboxylic acids is 1. The number of ether oxygens (including phenoxy) is 1. The summed E-state index contributed by atoms with van der Waals surface area (Å²) in [5.41, 5.74) is 1.83. The zero-order valence-corrected chi connectivity index (χ0v) is 22.0. The molecule has 180 valence electrons. The first-order chi connectivity index (χ1) is 14.8. The quantitative estimate of drug-likeness (QED) is 0.391. The molecule has 6 rings (SSSR count). The van der Waals surface area contributed by atoms with E-state index in [9.17, 15) is 4.79 Å². The highest BCUT2D eigenvalue weighted by atomic mass is 16.5. The maximum Gasteiger partial charge on any atom is 0.138 e. The van der Waals surface area contributed by atoms with E-state index in [4.69, 9.17) is 4.74 Å². The van der Waals surface area contributed by atoms with Crippen LogP contribution in [0, 0.1) is 56.2 Å². The van der Waals surface area contributed by atoms with Gasteiger partial charge in [-0.3, -0.25) is 4.79 Å². The first-order valence-electron chi connectivity index (χ1n) is 14.0. The predicted molar refractivity (Wildman–Crippen MR) is 129 cm³/mol. The Bertz CT molecular complexity index is 842. The molecule has 2 unspecified atom stereocenters. The molecule has 5 saturated carbocycles. The van der Waals surface area contributed by atoms with Crippen LogP contribution >= 0.6 is 0 Å². The second-order valence-electron chi connectivity index (χ2n) is 15.4. The van der Waals surface area contributed by atoms with Crippen LogP contribution in [0.15, 0.2) is 0 Å². The van der Waals surface area contributed by atoms with Crippen LogP contribution < -0.4 is 0 Å². The van der Waals surface area contributed by atoms with Crippen LogP contribution in [0.25, 0.3) is 0 Å². The van der Waals surface area contributed by atoms with E-state index in [1.54, 1.807) is 0 Å². The fourth-order valence-electron chi connectivity index (χ4n) is 11.8. The van der Waals surface area contributed by atoms with Gasteiger partial charge in [-0.15, -0.1) is 0 Å². The Balaban J connectivity index is 1.40. The van der Waals surface area contributed by atoms with Crippen LogP contribution in [0.2, 0.25) is 0 Å². The third kappa shape index (κ3) is 2.35. The Kier molecular flexibility index (Phi) is 4.31. The lowest BCUT2D eigenvalue weighted by molar-refractivity contribution is -0.239. The molecule has 1 heterocycles. The van der Waals surface area contributed by atoms with Gasteiger partial charge in [0.2, 0.25) is 0 Å². The molecule has 0 radical (unpaired) electrons. The average molecular weight is 441 g/mol. The van der Waals surface area contributed by atoms with Crippen LogP contribution in [-0.2, 0) is 9.53 Å². The number of hydrogen-bond donors (Lipinski definition) is 0. The van der Waals surface area contributed by atoms with Crippen LogP contribution in [0.4, 0.5) is 0 Å². The van der Waals surface area contributed by atoms with Gasteiger partial charge in [-0.25, -0.2) is 0 Å². The molecule has 1 aliphatic heterocycles. The molecule has 2 nitrogen and oxygen atoms in total. The molecular formula is C30H48O2. The van der Waals surface area contributed by atoms with Crippen LogP contribution in [0.1, 0.15) is 113 Å². The van der Waals surface area contributed by atoms with E-state index in [0.29, 0.717) is 44.9 Å². The molecule has 32 heavy (non-hydrogen) atoms. The predicted octanol–water partition coefficient (Wildman–Crippen LogP) is 7.45.